The molecule has 10 heteroatoms. The average Bonchev–Trinajstić information content (AvgIpc) is 3.19. The van der Waals surface area contributed by atoms with E-state index in [4.69, 9.17) is 19.9 Å². The molecule has 3 atom stereocenters. The molecule has 3 aromatic rings. The molecule has 3 heterocycles. The van der Waals surface area contributed by atoms with E-state index in [9.17, 15) is 5.11 Å². The highest BCUT2D eigenvalue weighted by atomic mass is 79.9. The Morgan fingerprint density at radius 3 is 2.78 bits per heavy atom. The number of aromatic nitrogens is 4. The summed E-state index contributed by atoms with van der Waals surface area (Å²) in [5, 5.41) is 15.0. The highest BCUT2D eigenvalue weighted by molar-refractivity contribution is 9.10. The van der Waals surface area contributed by atoms with Crippen molar-refractivity contribution in [1.82, 2.24) is 19.7 Å². The lowest BCUT2D eigenvalue weighted by Crippen LogP contribution is -2.40. The predicted octanol–water partition coefficient (Wildman–Crippen LogP) is 3.44. The summed E-state index contributed by atoms with van der Waals surface area (Å²) in [5.74, 6) is 0.774. The summed E-state index contributed by atoms with van der Waals surface area (Å²) in [5.41, 5.74) is 7.31. The molecular formula is C22H24BrN5O4. The third-order valence-electron chi connectivity index (χ3n) is 4.92. The number of ether oxygens (including phenoxy) is 3. The van der Waals surface area contributed by atoms with Crippen LogP contribution in [0.2, 0.25) is 0 Å². The van der Waals surface area contributed by atoms with Gasteiger partial charge in [0.2, 0.25) is 11.6 Å². The molecule has 32 heavy (non-hydrogen) atoms. The fourth-order valence-corrected chi connectivity index (χ4v) is 3.66. The second-order valence-electron chi connectivity index (χ2n) is 7.31. The van der Waals surface area contributed by atoms with Gasteiger partial charge in [-0.15, -0.1) is 0 Å². The van der Waals surface area contributed by atoms with Gasteiger partial charge in [0.05, 0.1) is 31.1 Å². The van der Waals surface area contributed by atoms with Crippen LogP contribution in [-0.4, -0.2) is 50.2 Å². The Kier molecular flexibility index (Phi) is 6.85. The predicted molar refractivity (Wildman–Crippen MR) is 121 cm³/mol. The number of hydrogen-bond donors (Lipinski definition) is 2. The molecule has 1 fully saturated rings. The molecule has 1 saturated heterocycles. The number of hydrogen-bond acceptors (Lipinski definition) is 8. The van der Waals surface area contributed by atoms with E-state index in [0.717, 1.165) is 10.0 Å². The molecule has 9 nitrogen and oxygen atoms in total. The first kappa shape index (κ1) is 22.4. The minimum Gasteiger partial charge on any atom is -0.507 e. The maximum atomic E-state index is 10.6. The molecular weight excluding hydrogens is 478 g/mol. The number of nitrogens with two attached hydrogens (primary N) is 1. The Hall–Kier alpha value is -2.79. The topological polar surface area (TPSA) is 118 Å². The maximum Gasteiger partial charge on any atom is 0.203 e. The molecule has 0 saturated carbocycles. The summed E-state index contributed by atoms with van der Waals surface area (Å²) in [6.07, 6.45) is 2.00. The van der Waals surface area contributed by atoms with Gasteiger partial charge in [-0.1, -0.05) is 30.3 Å². The van der Waals surface area contributed by atoms with Gasteiger partial charge in [0.15, 0.2) is 12.0 Å². The first-order chi connectivity index (χ1) is 15.5. The van der Waals surface area contributed by atoms with E-state index in [1.54, 1.807) is 24.0 Å². The average molecular weight is 502 g/mol. The van der Waals surface area contributed by atoms with Gasteiger partial charge in [-0.25, -0.2) is 9.67 Å². The number of halogens is 1. The van der Waals surface area contributed by atoms with Crippen LogP contribution in [0.5, 0.6) is 0 Å². The molecule has 1 aliphatic rings. The zero-order chi connectivity index (χ0) is 22.7. The van der Waals surface area contributed by atoms with Crippen LogP contribution in [0.25, 0.3) is 11.4 Å². The monoisotopic (exact) mass is 501 g/mol. The fraction of sp³-hybridized carbons (Fsp3) is 0.318. The van der Waals surface area contributed by atoms with Crippen LogP contribution >= 0.6 is 15.9 Å². The largest absolute Gasteiger partial charge is 0.507 e. The van der Waals surface area contributed by atoms with Gasteiger partial charge in [0.25, 0.3) is 0 Å². The van der Waals surface area contributed by atoms with Crippen LogP contribution in [0.15, 0.2) is 59.0 Å². The lowest BCUT2D eigenvalue weighted by atomic mass is 10.1. The third-order valence-corrected chi connectivity index (χ3v) is 5.35. The molecule has 0 radical (unpaired) electrons. The Bertz CT molecular complexity index is 1100. The van der Waals surface area contributed by atoms with Crippen LogP contribution in [0.1, 0.15) is 30.4 Å². The molecule has 0 aliphatic carbocycles. The summed E-state index contributed by atoms with van der Waals surface area (Å²) >= 11 is 3.41. The van der Waals surface area contributed by atoms with Gasteiger partial charge in [-0.2, -0.15) is 5.10 Å². The lowest BCUT2D eigenvalue weighted by Gasteiger charge is -2.35. The first-order valence-electron chi connectivity index (χ1n) is 10.1. The van der Waals surface area contributed by atoms with Crippen LogP contribution in [0, 0.1) is 6.92 Å². The van der Waals surface area contributed by atoms with Crippen molar-refractivity contribution in [1.29, 1.82) is 0 Å². The third kappa shape index (κ3) is 4.83. The van der Waals surface area contributed by atoms with Gasteiger partial charge in [0.1, 0.15) is 11.9 Å². The highest BCUT2D eigenvalue weighted by Gasteiger charge is 2.33. The number of aliphatic hydroxyl groups is 1. The van der Waals surface area contributed by atoms with Crippen molar-refractivity contribution in [2.24, 2.45) is 5.73 Å². The number of rotatable bonds is 6. The molecule has 0 amide bonds. The second-order valence-corrected chi connectivity index (χ2v) is 8.22. The first-order valence-corrected chi connectivity index (χ1v) is 10.9. The Labute approximate surface area is 194 Å². The number of aryl methyl sites for hydroxylation is 1. The zero-order valence-corrected chi connectivity index (χ0v) is 19.3. The van der Waals surface area contributed by atoms with E-state index < -0.39 is 12.4 Å². The minimum absolute atomic E-state index is 0.121. The van der Waals surface area contributed by atoms with E-state index in [1.165, 1.54) is 0 Å². The fourth-order valence-electron chi connectivity index (χ4n) is 3.31. The molecule has 4 rings (SSSR count). The maximum absolute atomic E-state index is 10.6. The van der Waals surface area contributed by atoms with Crippen molar-refractivity contribution in [2.75, 3.05) is 13.2 Å². The summed E-state index contributed by atoms with van der Waals surface area (Å²) in [6.45, 7) is 3.78. The van der Waals surface area contributed by atoms with Crippen molar-refractivity contribution in [3.8, 4) is 5.69 Å². The van der Waals surface area contributed by atoms with E-state index in [-0.39, 0.29) is 30.8 Å². The number of benzene rings is 1. The van der Waals surface area contributed by atoms with Gasteiger partial charge >= 0.3 is 0 Å². The van der Waals surface area contributed by atoms with E-state index in [2.05, 4.69) is 31.0 Å². The molecule has 2 aromatic heterocycles. The highest BCUT2D eigenvalue weighted by Crippen LogP contribution is 2.31. The molecule has 0 spiro atoms. The molecule has 0 bridgehead atoms. The summed E-state index contributed by atoms with van der Waals surface area (Å²) in [4.78, 5) is 8.65. The summed E-state index contributed by atoms with van der Waals surface area (Å²) in [7, 11) is 0. The molecule has 1 aliphatic heterocycles. The van der Waals surface area contributed by atoms with Gasteiger partial charge in [-0.05, 0) is 35.8 Å². The second kappa shape index (κ2) is 9.78. The van der Waals surface area contributed by atoms with Crippen LogP contribution in [-0.2, 0) is 14.2 Å². The molecule has 1 aromatic carbocycles. The van der Waals surface area contributed by atoms with Crippen molar-refractivity contribution >= 4 is 21.7 Å². The lowest BCUT2D eigenvalue weighted by molar-refractivity contribution is -0.250. The van der Waals surface area contributed by atoms with Gasteiger partial charge in [-0.3, -0.25) is 4.98 Å². The number of pyridine rings is 1. The van der Waals surface area contributed by atoms with Crippen molar-refractivity contribution in [2.45, 2.75) is 32.3 Å². The van der Waals surface area contributed by atoms with Gasteiger partial charge < -0.3 is 25.1 Å². The number of aliphatic hydroxyl groups excluding tert-OH is 1. The Morgan fingerprint density at radius 1 is 1.31 bits per heavy atom. The Balaban J connectivity index is 1.61. The number of nitrogens with zero attached hydrogens (tertiary/aromatic N) is 4. The van der Waals surface area contributed by atoms with Crippen LogP contribution < -0.4 is 5.73 Å². The van der Waals surface area contributed by atoms with Crippen molar-refractivity contribution in [3.63, 3.8) is 0 Å². The standard InChI is InChI=1S/C22H24BrN5O4/c1-13-19(12-30-22(31-13)15-6-4-3-5-7-15)32-20(18(29)9-24)21-26-14(2)27-28(21)17-8-16(23)10-25-11-17/h3-8,10-11,13,19,22,29H,9,12,24H2,1-2H3/b20-18-. The van der Waals surface area contributed by atoms with Crippen LogP contribution in [0.4, 0.5) is 0 Å². The zero-order valence-electron chi connectivity index (χ0n) is 17.7. The quantitative estimate of drug-likeness (QED) is 0.493. The normalized spacial score (nSPS) is 21.8. The van der Waals surface area contributed by atoms with Crippen molar-refractivity contribution in [3.05, 3.63) is 76.2 Å². The SMILES string of the molecule is Cc1nc(/C(OC2COC(c3ccccc3)OC2C)=C(/O)CN)n(-c2cncc(Br)c2)n1. The van der Waals surface area contributed by atoms with E-state index >= 15 is 0 Å². The Morgan fingerprint density at radius 2 is 2.09 bits per heavy atom. The summed E-state index contributed by atoms with van der Waals surface area (Å²) in [6, 6.07) is 11.5. The van der Waals surface area contributed by atoms with Crippen LogP contribution in [0.3, 0.4) is 0 Å². The van der Waals surface area contributed by atoms with Crippen molar-refractivity contribution < 1.29 is 19.3 Å². The smallest absolute Gasteiger partial charge is 0.203 e. The molecule has 3 N–H and O–H groups in total. The van der Waals surface area contributed by atoms with E-state index in [1.807, 2.05) is 43.3 Å². The van der Waals surface area contributed by atoms with Gasteiger partial charge in [0, 0.05) is 16.2 Å². The summed E-state index contributed by atoms with van der Waals surface area (Å²) < 4.78 is 20.4. The molecule has 3 unspecified atom stereocenters. The minimum atomic E-state index is -0.496. The molecule has 168 valence electrons. The van der Waals surface area contributed by atoms with E-state index in [0.29, 0.717) is 17.3 Å².